The van der Waals surface area contributed by atoms with Crippen molar-refractivity contribution in [3.8, 4) is 5.88 Å². The highest BCUT2D eigenvalue weighted by Gasteiger charge is 2.26. The zero-order chi connectivity index (χ0) is 21.0. The Balaban J connectivity index is 2.30. The monoisotopic (exact) mass is 401 g/mol. The summed E-state index contributed by atoms with van der Waals surface area (Å²) in [6.07, 6.45) is 4.20. The van der Waals surface area contributed by atoms with Gasteiger partial charge in [-0.15, -0.1) is 0 Å². The maximum absolute atomic E-state index is 12.5. The molecule has 0 saturated heterocycles. The van der Waals surface area contributed by atoms with E-state index >= 15 is 0 Å². The highest BCUT2D eigenvalue weighted by molar-refractivity contribution is 6.20. The van der Waals surface area contributed by atoms with Crippen molar-refractivity contribution < 1.29 is 23.8 Å². The summed E-state index contributed by atoms with van der Waals surface area (Å²) in [6.45, 7) is 2.04. The van der Waals surface area contributed by atoms with E-state index in [2.05, 4.69) is 25.2 Å². The molecule has 152 valence electrons. The Morgan fingerprint density at radius 2 is 1.86 bits per heavy atom. The van der Waals surface area contributed by atoms with Gasteiger partial charge in [0.2, 0.25) is 0 Å². The first-order chi connectivity index (χ1) is 14.0. The maximum Gasteiger partial charge on any atom is 0.340 e. The lowest BCUT2D eigenvalue weighted by atomic mass is 10.1. The van der Waals surface area contributed by atoms with Crippen molar-refractivity contribution in [2.75, 3.05) is 20.8 Å². The number of carbonyl (C=O) groups is 2. The van der Waals surface area contributed by atoms with Crippen LogP contribution in [0.5, 0.6) is 5.88 Å². The zero-order valence-corrected chi connectivity index (χ0v) is 16.0. The molecule has 0 aromatic carbocycles. The second-order valence-electron chi connectivity index (χ2n) is 5.79. The molecule has 1 aliphatic heterocycles. The lowest BCUT2D eigenvalue weighted by Crippen LogP contribution is -2.34. The second-order valence-corrected chi connectivity index (χ2v) is 5.79. The third-order valence-electron chi connectivity index (χ3n) is 4.11. The van der Waals surface area contributed by atoms with Crippen molar-refractivity contribution in [1.82, 2.24) is 15.2 Å². The summed E-state index contributed by atoms with van der Waals surface area (Å²) in [7, 11) is 2.46. The van der Waals surface area contributed by atoms with Crippen LogP contribution in [0, 0.1) is 0 Å². The molecule has 0 radical (unpaired) electrons. The summed E-state index contributed by atoms with van der Waals surface area (Å²) in [4.78, 5) is 47.7. The summed E-state index contributed by atoms with van der Waals surface area (Å²) >= 11 is 0. The van der Waals surface area contributed by atoms with Gasteiger partial charge in [0.05, 0.1) is 43.7 Å². The summed E-state index contributed by atoms with van der Waals surface area (Å²) in [6, 6.07) is 0. The number of nitrogens with one attached hydrogen (secondary N) is 3. The van der Waals surface area contributed by atoms with Gasteiger partial charge in [-0.25, -0.2) is 14.8 Å². The number of esters is 2. The molecular weight excluding hydrogens is 382 g/mol. The molecule has 0 spiro atoms. The van der Waals surface area contributed by atoms with Crippen molar-refractivity contribution in [3.63, 3.8) is 0 Å². The number of nitrogens with zero attached hydrogens (tertiary/aromatic N) is 2. The van der Waals surface area contributed by atoms with E-state index in [1.54, 1.807) is 6.92 Å². The number of aromatic amines is 3. The number of ether oxygens (including phenoxy) is 3. The third-order valence-corrected chi connectivity index (χ3v) is 4.11. The highest BCUT2D eigenvalue weighted by Crippen LogP contribution is 2.28. The Hall–Kier alpha value is -3.89. The van der Waals surface area contributed by atoms with Gasteiger partial charge in [0.25, 0.3) is 5.56 Å². The van der Waals surface area contributed by atoms with Gasteiger partial charge in [-0.1, -0.05) is 0 Å². The summed E-state index contributed by atoms with van der Waals surface area (Å²) in [5.74, 6) is -0.745. The van der Waals surface area contributed by atoms with Crippen LogP contribution >= 0.6 is 0 Å². The molecule has 0 aliphatic carbocycles. The molecule has 1 aliphatic rings. The van der Waals surface area contributed by atoms with Crippen LogP contribution in [0.2, 0.25) is 0 Å². The van der Waals surface area contributed by atoms with Crippen LogP contribution in [0.3, 0.4) is 0 Å². The predicted molar refractivity (Wildman–Crippen MR) is 104 cm³/mol. The molecule has 0 unspecified atom stereocenters. The SMILES string of the molecule is CCOc1[nH]c(/C=c2/c(=O)[nH][nH]c2=C2N=CC=N2)c(C(=O)OC)c1CC(=O)OC. The van der Waals surface area contributed by atoms with Crippen molar-refractivity contribution in [1.29, 1.82) is 0 Å². The molecule has 11 heteroatoms. The maximum atomic E-state index is 12.5. The van der Waals surface area contributed by atoms with Gasteiger partial charge < -0.3 is 19.2 Å². The Morgan fingerprint density at radius 1 is 1.14 bits per heavy atom. The normalized spacial score (nSPS) is 13.2. The van der Waals surface area contributed by atoms with Crippen LogP contribution in [0.25, 0.3) is 11.9 Å². The Labute approximate surface area is 163 Å². The minimum atomic E-state index is -0.699. The summed E-state index contributed by atoms with van der Waals surface area (Å²) in [5, 5.41) is 5.72. The first-order valence-electron chi connectivity index (χ1n) is 8.62. The van der Waals surface area contributed by atoms with Crippen molar-refractivity contribution in [3.05, 3.63) is 37.7 Å². The molecule has 11 nitrogen and oxygen atoms in total. The Kier molecular flexibility index (Phi) is 5.77. The van der Waals surface area contributed by atoms with Gasteiger partial charge in [-0.3, -0.25) is 19.8 Å². The molecule has 0 bridgehead atoms. The molecule has 0 fully saturated rings. The largest absolute Gasteiger partial charge is 0.479 e. The number of rotatable bonds is 6. The average molecular weight is 401 g/mol. The number of carbonyl (C=O) groups excluding carboxylic acids is 2. The average Bonchev–Trinajstić information content (AvgIpc) is 3.43. The molecule has 3 N–H and O–H groups in total. The van der Waals surface area contributed by atoms with E-state index in [-0.39, 0.29) is 40.9 Å². The van der Waals surface area contributed by atoms with Crippen molar-refractivity contribution in [2.24, 2.45) is 9.98 Å². The van der Waals surface area contributed by atoms with E-state index in [1.165, 1.54) is 32.7 Å². The summed E-state index contributed by atoms with van der Waals surface area (Å²) in [5.41, 5.74) is 0.131. The number of H-pyrrole nitrogens is 3. The fourth-order valence-corrected chi connectivity index (χ4v) is 2.83. The third kappa shape index (κ3) is 3.88. The minimum Gasteiger partial charge on any atom is -0.479 e. The number of methoxy groups -OCH3 is 2. The molecule has 0 amide bonds. The number of hydrogen-bond donors (Lipinski definition) is 3. The van der Waals surface area contributed by atoms with E-state index < -0.39 is 17.5 Å². The van der Waals surface area contributed by atoms with Gasteiger partial charge in [0.1, 0.15) is 5.35 Å². The second kappa shape index (κ2) is 8.42. The van der Waals surface area contributed by atoms with Crippen LogP contribution in [-0.4, -0.2) is 60.4 Å². The Bertz CT molecular complexity index is 1170. The molecule has 0 saturated carbocycles. The van der Waals surface area contributed by atoms with Crippen molar-refractivity contribution in [2.45, 2.75) is 13.3 Å². The van der Waals surface area contributed by atoms with Gasteiger partial charge in [-0.05, 0) is 13.0 Å². The number of aromatic nitrogens is 3. The molecule has 29 heavy (non-hydrogen) atoms. The lowest BCUT2D eigenvalue weighted by molar-refractivity contribution is -0.139. The first kappa shape index (κ1) is 19.9. The Morgan fingerprint density at radius 3 is 2.48 bits per heavy atom. The topological polar surface area (TPSA) is 151 Å². The summed E-state index contributed by atoms with van der Waals surface area (Å²) < 4.78 is 15.1. The van der Waals surface area contributed by atoms with E-state index in [0.29, 0.717) is 11.2 Å². The first-order valence-corrected chi connectivity index (χ1v) is 8.62. The van der Waals surface area contributed by atoms with Crippen LogP contribution in [0.1, 0.15) is 28.5 Å². The van der Waals surface area contributed by atoms with Crippen molar-refractivity contribution >= 4 is 36.3 Å². The predicted octanol–water partition coefficient (Wildman–Crippen LogP) is -1.02. The van der Waals surface area contributed by atoms with E-state index in [9.17, 15) is 14.4 Å². The molecule has 3 heterocycles. The molecule has 2 aromatic rings. The van der Waals surface area contributed by atoms with Gasteiger partial charge in [-0.2, -0.15) is 0 Å². The van der Waals surface area contributed by atoms with Crippen LogP contribution < -0.4 is 20.9 Å². The smallest absolute Gasteiger partial charge is 0.340 e. The van der Waals surface area contributed by atoms with E-state index in [1.807, 2.05) is 0 Å². The van der Waals surface area contributed by atoms with Crippen LogP contribution in [0.15, 0.2) is 14.8 Å². The fourth-order valence-electron chi connectivity index (χ4n) is 2.83. The fraction of sp³-hybridized carbons (Fsp3) is 0.278. The minimum absolute atomic E-state index is 0.0660. The molecule has 0 atom stereocenters. The lowest BCUT2D eigenvalue weighted by Gasteiger charge is -2.06. The number of aliphatic imine (C=N–C) groups is 2. The zero-order valence-electron chi connectivity index (χ0n) is 16.0. The van der Waals surface area contributed by atoms with E-state index in [0.717, 1.165) is 0 Å². The molecule has 3 rings (SSSR count). The van der Waals surface area contributed by atoms with Crippen LogP contribution in [0.4, 0.5) is 0 Å². The van der Waals surface area contributed by atoms with E-state index in [4.69, 9.17) is 14.2 Å². The van der Waals surface area contributed by atoms with Gasteiger partial charge in [0.15, 0.2) is 11.7 Å². The number of hydrogen-bond acceptors (Lipinski definition) is 8. The standard InChI is InChI=1S/C18H19N5O6/c1-4-29-17-9(8-12(24)27-2)13(18(26)28-3)11(21-17)7-10-14(22-23-16(10)25)15-19-5-6-20-15/h5-7,21-22H,4,8H2,1-3H3,(H,23,25)/b10-7+. The van der Waals surface area contributed by atoms with Gasteiger partial charge >= 0.3 is 11.9 Å². The quantitative estimate of drug-likeness (QED) is 0.527. The molecule has 2 aromatic heterocycles. The van der Waals surface area contributed by atoms with Gasteiger partial charge in [0, 0.05) is 18.0 Å². The van der Waals surface area contributed by atoms with Crippen LogP contribution in [-0.2, 0) is 20.7 Å². The molecular formula is C18H19N5O6. The highest BCUT2D eigenvalue weighted by atomic mass is 16.5.